The molecule has 4 rings (SSSR count). The number of rotatable bonds is 5. The van der Waals surface area contributed by atoms with Gasteiger partial charge in [0.1, 0.15) is 23.0 Å². The molecule has 0 unspecified atom stereocenters. The second kappa shape index (κ2) is 10.5. The van der Waals surface area contributed by atoms with Crippen LogP contribution in [-0.4, -0.2) is 0 Å². The van der Waals surface area contributed by atoms with E-state index < -0.39 is 29.2 Å². The molecule has 0 N–H and O–H groups in total. The Morgan fingerprint density at radius 1 is 0.667 bits per heavy atom. The Hall–Kier alpha value is -3.72. The van der Waals surface area contributed by atoms with Crippen molar-refractivity contribution in [1.82, 2.24) is 0 Å². The monoisotopic (exact) mass is 496 g/mol. The molecule has 0 aliphatic heterocycles. The van der Waals surface area contributed by atoms with Crippen molar-refractivity contribution in [2.75, 3.05) is 0 Å². The second-order valence-corrected chi connectivity index (χ2v) is 8.61. The van der Waals surface area contributed by atoms with Gasteiger partial charge in [-0.1, -0.05) is 73.7 Å². The van der Waals surface area contributed by atoms with Crippen molar-refractivity contribution in [2.24, 2.45) is 0 Å². The lowest BCUT2D eigenvalue weighted by Gasteiger charge is -2.09. The molecule has 0 atom stereocenters. The van der Waals surface area contributed by atoms with Gasteiger partial charge in [-0.25, -0.2) is 13.2 Å². The van der Waals surface area contributed by atoms with Gasteiger partial charge in [0.05, 0.1) is 5.56 Å². The summed E-state index contributed by atoms with van der Waals surface area (Å²) in [5.74, 6) is 0.678. The average molecular weight is 496 g/mol. The summed E-state index contributed by atoms with van der Waals surface area (Å²) >= 11 is 0. The summed E-state index contributed by atoms with van der Waals surface area (Å²) in [4.78, 5) is 0. The van der Waals surface area contributed by atoms with Gasteiger partial charge in [0.15, 0.2) is 0 Å². The molecular weight excluding hydrogens is 474 g/mol. The molecule has 0 radical (unpaired) electrons. The fraction of sp³-hybridized carbons (Fsp3) is 0.200. The van der Waals surface area contributed by atoms with Crippen molar-refractivity contribution >= 4 is 10.8 Å². The molecule has 184 valence electrons. The molecule has 0 aliphatic carbocycles. The molecule has 0 aliphatic rings. The van der Waals surface area contributed by atoms with E-state index in [0.717, 1.165) is 31.2 Å². The van der Waals surface area contributed by atoms with E-state index in [1.165, 1.54) is 17.2 Å². The molecule has 6 heteroatoms. The van der Waals surface area contributed by atoms with Crippen LogP contribution in [0.5, 0.6) is 0 Å². The smallest absolute Gasteiger partial charge is 0.206 e. The summed E-state index contributed by atoms with van der Waals surface area (Å²) in [7, 11) is 0. The minimum atomic E-state index is -5.16. The lowest BCUT2D eigenvalue weighted by molar-refractivity contribution is -0.142. The van der Waals surface area contributed by atoms with Crippen LogP contribution in [0.4, 0.5) is 26.3 Å². The fourth-order valence-electron chi connectivity index (χ4n) is 4.10. The van der Waals surface area contributed by atoms with Gasteiger partial charge >= 0.3 is 6.18 Å². The standard InChI is InChI=1S/C30H22F6/c1-2-3-19-4-6-20(7-5-19)8-9-21-11-15-25-24(16-21)14-13-23(29(25)33)12-10-22-17-26(31)28(27(32)18-22)30(34,35)36/h4-7,11,13-18H,2-3,8-9H2,1H3. The predicted molar refractivity (Wildman–Crippen MR) is 129 cm³/mol. The first-order valence-corrected chi connectivity index (χ1v) is 11.5. The van der Waals surface area contributed by atoms with E-state index in [9.17, 15) is 22.0 Å². The van der Waals surface area contributed by atoms with Crippen molar-refractivity contribution in [1.29, 1.82) is 0 Å². The Labute approximate surface area is 205 Å². The molecule has 0 fully saturated rings. The number of hydrogen-bond acceptors (Lipinski definition) is 0. The molecule has 0 aromatic heterocycles. The third-order valence-electron chi connectivity index (χ3n) is 5.95. The van der Waals surface area contributed by atoms with E-state index in [-0.39, 0.29) is 11.1 Å². The van der Waals surface area contributed by atoms with Gasteiger partial charge in [-0.15, -0.1) is 0 Å². The summed E-state index contributed by atoms with van der Waals surface area (Å²) in [5, 5.41) is 1.01. The summed E-state index contributed by atoms with van der Waals surface area (Å²) in [6, 6.07) is 18.1. The second-order valence-electron chi connectivity index (χ2n) is 8.61. The van der Waals surface area contributed by atoms with Crippen LogP contribution in [0, 0.1) is 29.3 Å². The van der Waals surface area contributed by atoms with Crippen molar-refractivity contribution in [3.8, 4) is 11.8 Å². The Morgan fingerprint density at radius 3 is 1.86 bits per heavy atom. The molecule has 0 heterocycles. The summed E-state index contributed by atoms with van der Waals surface area (Å²) in [5.41, 5.74) is 1.26. The highest BCUT2D eigenvalue weighted by molar-refractivity contribution is 5.85. The van der Waals surface area contributed by atoms with Crippen LogP contribution < -0.4 is 0 Å². The first-order valence-electron chi connectivity index (χ1n) is 11.5. The molecule has 36 heavy (non-hydrogen) atoms. The van der Waals surface area contributed by atoms with Gasteiger partial charge in [-0.05, 0) is 59.5 Å². The SMILES string of the molecule is CCCc1ccc(CCc2ccc3c(F)c(C#Cc4cc(F)c(C(F)(F)F)c(F)c4)ccc3c2)cc1. The molecule has 0 saturated carbocycles. The maximum absolute atomic E-state index is 15.0. The maximum atomic E-state index is 15.0. The minimum Gasteiger partial charge on any atom is -0.206 e. The zero-order valence-corrected chi connectivity index (χ0v) is 19.4. The number of benzene rings is 4. The molecule has 0 spiro atoms. The van der Waals surface area contributed by atoms with Crippen LogP contribution >= 0.6 is 0 Å². The van der Waals surface area contributed by atoms with Gasteiger partial charge in [-0.2, -0.15) is 13.2 Å². The van der Waals surface area contributed by atoms with Gasteiger partial charge in [0, 0.05) is 10.9 Å². The Balaban J connectivity index is 1.53. The van der Waals surface area contributed by atoms with E-state index in [0.29, 0.717) is 22.9 Å². The zero-order valence-electron chi connectivity index (χ0n) is 19.4. The average Bonchev–Trinajstić information content (AvgIpc) is 2.82. The Kier molecular flexibility index (Phi) is 7.40. The highest BCUT2D eigenvalue weighted by Gasteiger charge is 2.37. The number of alkyl halides is 3. The lowest BCUT2D eigenvalue weighted by Crippen LogP contribution is -2.11. The quantitative estimate of drug-likeness (QED) is 0.192. The van der Waals surface area contributed by atoms with Crippen molar-refractivity contribution in [3.63, 3.8) is 0 Å². The van der Waals surface area contributed by atoms with Crippen molar-refractivity contribution in [3.05, 3.63) is 118 Å². The highest BCUT2D eigenvalue weighted by atomic mass is 19.4. The lowest BCUT2D eigenvalue weighted by atomic mass is 9.98. The third-order valence-corrected chi connectivity index (χ3v) is 5.95. The van der Waals surface area contributed by atoms with Crippen LogP contribution in [-0.2, 0) is 25.4 Å². The van der Waals surface area contributed by atoms with Gasteiger partial charge < -0.3 is 0 Å². The third kappa shape index (κ3) is 5.73. The van der Waals surface area contributed by atoms with E-state index in [1.54, 1.807) is 12.1 Å². The van der Waals surface area contributed by atoms with E-state index >= 15 is 4.39 Å². The van der Waals surface area contributed by atoms with Crippen LogP contribution in [0.15, 0.2) is 66.7 Å². The molecule has 0 saturated heterocycles. The van der Waals surface area contributed by atoms with Crippen LogP contribution in [0.1, 0.15) is 46.7 Å². The van der Waals surface area contributed by atoms with Crippen molar-refractivity contribution < 1.29 is 26.3 Å². The minimum absolute atomic E-state index is 0.0249. The van der Waals surface area contributed by atoms with E-state index in [1.807, 2.05) is 12.1 Å². The zero-order chi connectivity index (χ0) is 25.9. The van der Waals surface area contributed by atoms with Crippen LogP contribution in [0.3, 0.4) is 0 Å². The normalized spacial score (nSPS) is 11.4. The Morgan fingerprint density at radius 2 is 1.25 bits per heavy atom. The molecule has 0 nitrogen and oxygen atoms in total. The molecule has 4 aromatic carbocycles. The predicted octanol–water partition coefficient (Wildman–Crippen LogP) is 8.41. The van der Waals surface area contributed by atoms with Gasteiger partial charge in [0.25, 0.3) is 0 Å². The summed E-state index contributed by atoms with van der Waals surface area (Å²) in [6.45, 7) is 2.15. The molecule has 4 aromatic rings. The molecule has 0 bridgehead atoms. The highest BCUT2D eigenvalue weighted by Crippen LogP contribution is 2.34. The van der Waals surface area contributed by atoms with Crippen LogP contribution in [0.25, 0.3) is 10.8 Å². The number of hydrogen-bond donors (Lipinski definition) is 0. The van der Waals surface area contributed by atoms with Gasteiger partial charge in [0.2, 0.25) is 0 Å². The van der Waals surface area contributed by atoms with Crippen LogP contribution in [0.2, 0.25) is 0 Å². The summed E-state index contributed by atoms with van der Waals surface area (Å²) in [6.07, 6.45) is -1.36. The fourth-order valence-corrected chi connectivity index (χ4v) is 4.10. The number of halogens is 6. The van der Waals surface area contributed by atoms with E-state index in [2.05, 4.69) is 43.0 Å². The van der Waals surface area contributed by atoms with E-state index in [4.69, 9.17) is 0 Å². The summed E-state index contributed by atoms with van der Waals surface area (Å²) < 4.78 is 80.8. The Bertz CT molecular complexity index is 1430. The van der Waals surface area contributed by atoms with Crippen molar-refractivity contribution in [2.45, 2.75) is 38.8 Å². The number of fused-ring (bicyclic) bond motifs is 1. The maximum Gasteiger partial charge on any atom is 0.422 e. The first-order chi connectivity index (χ1) is 17.2. The molecule has 0 amide bonds. The largest absolute Gasteiger partial charge is 0.422 e. The molecular formula is C30H22F6. The number of aryl methyl sites for hydroxylation is 3. The first kappa shape index (κ1) is 25.4. The topological polar surface area (TPSA) is 0 Å². The van der Waals surface area contributed by atoms with Gasteiger partial charge in [-0.3, -0.25) is 0 Å².